The first-order chi connectivity index (χ1) is 9.29. The van der Waals surface area contributed by atoms with E-state index in [-0.39, 0.29) is 5.60 Å². The van der Waals surface area contributed by atoms with E-state index in [9.17, 15) is 0 Å². The van der Waals surface area contributed by atoms with Crippen LogP contribution in [0, 0.1) is 5.92 Å². The lowest BCUT2D eigenvalue weighted by Gasteiger charge is -2.41. The Morgan fingerprint density at radius 3 is 3.11 bits per heavy atom. The van der Waals surface area contributed by atoms with Gasteiger partial charge < -0.3 is 10.1 Å². The van der Waals surface area contributed by atoms with Crippen LogP contribution in [0.15, 0.2) is 0 Å². The third-order valence-electron chi connectivity index (χ3n) is 4.46. The second-order valence-electron chi connectivity index (χ2n) is 5.93. The lowest BCUT2D eigenvalue weighted by atomic mass is 9.80. The van der Waals surface area contributed by atoms with E-state index in [1.807, 2.05) is 11.8 Å². The molecule has 2 fully saturated rings. The van der Waals surface area contributed by atoms with Crippen LogP contribution in [0.1, 0.15) is 39.0 Å². The number of nitrogens with one attached hydrogen (secondary N) is 1. The van der Waals surface area contributed by atoms with Crippen molar-refractivity contribution in [1.82, 2.24) is 5.32 Å². The average Bonchev–Trinajstić information content (AvgIpc) is 2.87. The summed E-state index contributed by atoms with van der Waals surface area (Å²) >= 11 is 4.06. The Morgan fingerprint density at radius 2 is 2.42 bits per heavy atom. The van der Waals surface area contributed by atoms with Gasteiger partial charge in [-0.05, 0) is 62.3 Å². The lowest BCUT2D eigenvalue weighted by Crippen LogP contribution is -2.47. The zero-order chi connectivity index (χ0) is 13.6. The molecule has 2 saturated heterocycles. The van der Waals surface area contributed by atoms with Crippen molar-refractivity contribution in [3.8, 4) is 0 Å². The summed E-state index contributed by atoms with van der Waals surface area (Å²) in [5, 5.41) is 3.80. The molecule has 112 valence electrons. The second-order valence-corrected chi connectivity index (χ2v) is 8.02. The van der Waals surface area contributed by atoms with E-state index in [0.29, 0.717) is 6.04 Å². The zero-order valence-corrected chi connectivity index (χ0v) is 14.1. The highest BCUT2D eigenvalue weighted by molar-refractivity contribution is 7.99. The van der Waals surface area contributed by atoms with Crippen LogP contribution >= 0.6 is 23.5 Å². The fraction of sp³-hybridized carbons (Fsp3) is 1.00. The summed E-state index contributed by atoms with van der Waals surface area (Å²) in [7, 11) is 0. The molecule has 1 N–H and O–H groups in total. The number of hydrogen-bond donors (Lipinski definition) is 1. The first-order valence-electron chi connectivity index (χ1n) is 7.74. The molecule has 0 aromatic carbocycles. The SMILES string of the molecule is CCCNC(CCSC)C1CCOC2(CCSC2)C1. The van der Waals surface area contributed by atoms with E-state index in [0.717, 1.165) is 19.1 Å². The number of thioether (sulfide) groups is 2. The molecule has 2 nitrogen and oxygen atoms in total. The van der Waals surface area contributed by atoms with E-state index in [2.05, 4.69) is 30.3 Å². The van der Waals surface area contributed by atoms with Crippen molar-refractivity contribution < 1.29 is 4.74 Å². The summed E-state index contributed by atoms with van der Waals surface area (Å²) < 4.78 is 6.16. The Balaban J connectivity index is 1.90. The lowest BCUT2D eigenvalue weighted by molar-refractivity contribution is -0.0851. The quantitative estimate of drug-likeness (QED) is 0.778. The van der Waals surface area contributed by atoms with E-state index in [4.69, 9.17) is 4.74 Å². The van der Waals surface area contributed by atoms with Gasteiger partial charge in [-0.1, -0.05) is 6.92 Å². The second kappa shape index (κ2) is 8.16. The van der Waals surface area contributed by atoms with Gasteiger partial charge in [0.05, 0.1) is 5.60 Å². The molecule has 2 rings (SSSR count). The molecule has 2 heterocycles. The number of ether oxygens (including phenoxy) is 1. The maximum atomic E-state index is 6.16. The monoisotopic (exact) mass is 303 g/mol. The Bertz CT molecular complexity index is 249. The molecular formula is C15H29NOS2. The Labute approximate surface area is 127 Å². The van der Waals surface area contributed by atoms with Gasteiger partial charge in [0.25, 0.3) is 0 Å². The number of hydrogen-bond acceptors (Lipinski definition) is 4. The third kappa shape index (κ3) is 4.55. The highest BCUT2D eigenvalue weighted by Gasteiger charge is 2.42. The predicted molar refractivity (Wildman–Crippen MR) is 88.4 cm³/mol. The molecule has 0 radical (unpaired) electrons. The highest BCUT2D eigenvalue weighted by atomic mass is 32.2. The van der Waals surface area contributed by atoms with Crippen LogP contribution in [0.3, 0.4) is 0 Å². The van der Waals surface area contributed by atoms with Gasteiger partial charge in [-0.25, -0.2) is 0 Å². The van der Waals surface area contributed by atoms with E-state index >= 15 is 0 Å². The Morgan fingerprint density at radius 1 is 1.53 bits per heavy atom. The van der Waals surface area contributed by atoms with Gasteiger partial charge in [0.1, 0.15) is 0 Å². The fourth-order valence-electron chi connectivity index (χ4n) is 3.35. The third-order valence-corrected chi connectivity index (χ3v) is 6.32. The molecule has 0 amide bonds. The van der Waals surface area contributed by atoms with Gasteiger partial charge in [-0.2, -0.15) is 23.5 Å². The summed E-state index contributed by atoms with van der Waals surface area (Å²) in [6, 6.07) is 0.707. The summed E-state index contributed by atoms with van der Waals surface area (Å²) in [6.45, 7) is 4.41. The molecule has 3 atom stereocenters. The van der Waals surface area contributed by atoms with Crippen molar-refractivity contribution >= 4 is 23.5 Å². The summed E-state index contributed by atoms with van der Waals surface area (Å²) in [6.07, 6.45) is 8.58. The van der Waals surface area contributed by atoms with Crippen molar-refractivity contribution in [3.05, 3.63) is 0 Å². The van der Waals surface area contributed by atoms with Crippen molar-refractivity contribution in [2.75, 3.05) is 36.7 Å². The van der Waals surface area contributed by atoms with Crippen LogP contribution in [0.5, 0.6) is 0 Å². The molecule has 1 spiro atoms. The van der Waals surface area contributed by atoms with Gasteiger partial charge in [-0.3, -0.25) is 0 Å². The minimum absolute atomic E-state index is 0.235. The maximum absolute atomic E-state index is 6.16. The van der Waals surface area contributed by atoms with Crippen LogP contribution in [-0.2, 0) is 4.74 Å². The van der Waals surface area contributed by atoms with Crippen molar-refractivity contribution in [2.45, 2.75) is 50.7 Å². The van der Waals surface area contributed by atoms with Crippen LogP contribution < -0.4 is 5.32 Å². The van der Waals surface area contributed by atoms with E-state index in [1.165, 1.54) is 49.4 Å². The Hall–Kier alpha value is 0.620. The molecule has 4 heteroatoms. The number of rotatable bonds is 7. The smallest absolute Gasteiger partial charge is 0.0783 e. The predicted octanol–water partition coefficient (Wildman–Crippen LogP) is 3.41. The largest absolute Gasteiger partial charge is 0.374 e. The van der Waals surface area contributed by atoms with Gasteiger partial charge in [0.2, 0.25) is 0 Å². The summed E-state index contributed by atoms with van der Waals surface area (Å²) in [5.74, 6) is 4.63. The first-order valence-corrected chi connectivity index (χ1v) is 10.3. The van der Waals surface area contributed by atoms with Crippen LogP contribution in [-0.4, -0.2) is 48.3 Å². The van der Waals surface area contributed by atoms with Crippen LogP contribution in [0.4, 0.5) is 0 Å². The van der Waals surface area contributed by atoms with Gasteiger partial charge in [0.15, 0.2) is 0 Å². The van der Waals surface area contributed by atoms with Gasteiger partial charge in [0, 0.05) is 18.4 Å². The normalized spacial score (nSPS) is 32.8. The standard InChI is InChI=1S/C15H29NOS2/c1-3-7-16-14(5-9-18-2)13-4-8-17-15(11-13)6-10-19-12-15/h13-14,16H,3-12H2,1-2H3. The van der Waals surface area contributed by atoms with E-state index < -0.39 is 0 Å². The minimum atomic E-state index is 0.235. The van der Waals surface area contributed by atoms with Crippen LogP contribution in [0.2, 0.25) is 0 Å². The Kier molecular flexibility index (Phi) is 6.87. The molecule has 2 aliphatic heterocycles. The summed E-state index contributed by atoms with van der Waals surface area (Å²) in [4.78, 5) is 0. The highest BCUT2D eigenvalue weighted by Crippen LogP contribution is 2.41. The molecule has 0 aromatic heterocycles. The average molecular weight is 304 g/mol. The minimum Gasteiger partial charge on any atom is -0.374 e. The molecular weight excluding hydrogens is 274 g/mol. The zero-order valence-electron chi connectivity index (χ0n) is 12.5. The van der Waals surface area contributed by atoms with Gasteiger partial charge >= 0.3 is 0 Å². The molecule has 2 aliphatic rings. The molecule has 0 aliphatic carbocycles. The van der Waals surface area contributed by atoms with Gasteiger partial charge in [-0.15, -0.1) is 0 Å². The topological polar surface area (TPSA) is 21.3 Å². The summed E-state index contributed by atoms with van der Waals surface area (Å²) in [5.41, 5.74) is 0.235. The maximum Gasteiger partial charge on any atom is 0.0783 e. The first kappa shape index (κ1) is 16.0. The van der Waals surface area contributed by atoms with Crippen molar-refractivity contribution in [3.63, 3.8) is 0 Å². The van der Waals surface area contributed by atoms with Crippen molar-refractivity contribution in [1.29, 1.82) is 0 Å². The molecule has 0 bridgehead atoms. The molecule has 3 unspecified atom stereocenters. The van der Waals surface area contributed by atoms with Crippen LogP contribution in [0.25, 0.3) is 0 Å². The molecule has 0 aromatic rings. The molecule has 0 saturated carbocycles. The van der Waals surface area contributed by atoms with E-state index in [1.54, 1.807) is 0 Å². The van der Waals surface area contributed by atoms with Crippen molar-refractivity contribution in [2.24, 2.45) is 5.92 Å². The fourth-order valence-corrected chi connectivity index (χ4v) is 5.22. The molecule has 19 heavy (non-hydrogen) atoms.